The lowest BCUT2D eigenvalue weighted by Gasteiger charge is -2.22. The predicted molar refractivity (Wildman–Crippen MR) is 81.7 cm³/mol. The van der Waals surface area contributed by atoms with Gasteiger partial charge < -0.3 is 10.5 Å². The van der Waals surface area contributed by atoms with Gasteiger partial charge in [-0.25, -0.2) is 4.39 Å². The first-order chi connectivity index (χ1) is 9.58. The molecule has 106 valence electrons. The van der Waals surface area contributed by atoms with Crippen LogP contribution < -0.4 is 5.73 Å². The molecule has 0 fully saturated rings. The van der Waals surface area contributed by atoms with E-state index in [9.17, 15) is 4.39 Å². The highest BCUT2D eigenvalue weighted by Crippen LogP contribution is 2.25. The van der Waals surface area contributed by atoms with Gasteiger partial charge in [0.1, 0.15) is 5.82 Å². The number of hydrogen-bond acceptors (Lipinski definition) is 2. The Morgan fingerprint density at radius 3 is 2.60 bits per heavy atom. The number of nitrogens with two attached hydrogens (primary N) is 1. The summed E-state index contributed by atoms with van der Waals surface area (Å²) in [5, 5.41) is 0. The molecule has 2 unspecified atom stereocenters. The van der Waals surface area contributed by atoms with E-state index in [1.807, 2.05) is 31.2 Å². The van der Waals surface area contributed by atoms with E-state index in [4.69, 9.17) is 10.5 Å². The third kappa shape index (κ3) is 3.88. The smallest absolute Gasteiger partial charge is 0.128 e. The minimum absolute atomic E-state index is 0.184. The van der Waals surface area contributed by atoms with E-state index in [1.165, 1.54) is 6.07 Å². The topological polar surface area (TPSA) is 35.2 Å². The Balaban J connectivity index is 2.13. The molecule has 2 aromatic carbocycles. The average molecular weight is 338 g/mol. The van der Waals surface area contributed by atoms with Crippen molar-refractivity contribution in [2.75, 3.05) is 0 Å². The van der Waals surface area contributed by atoms with Crippen LogP contribution in [0.5, 0.6) is 0 Å². The van der Waals surface area contributed by atoms with E-state index in [0.29, 0.717) is 5.56 Å². The van der Waals surface area contributed by atoms with E-state index in [-0.39, 0.29) is 24.6 Å². The quantitative estimate of drug-likeness (QED) is 0.887. The van der Waals surface area contributed by atoms with Crippen molar-refractivity contribution in [3.8, 4) is 0 Å². The molecule has 20 heavy (non-hydrogen) atoms. The van der Waals surface area contributed by atoms with Gasteiger partial charge in [-0.2, -0.15) is 0 Å². The Bertz CT molecular complexity index is 574. The van der Waals surface area contributed by atoms with Gasteiger partial charge >= 0.3 is 0 Å². The summed E-state index contributed by atoms with van der Waals surface area (Å²) in [4.78, 5) is 0. The SMILES string of the molecule is CC(N)C(OCc1ccccc1F)c1cccc(Br)c1. The van der Waals surface area contributed by atoms with E-state index in [2.05, 4.69) is 15.9 Å². The number of rotatable bonds is 5. The van der Waals surface area contributed by atoms with Crippen molar-refractivity contribution in [1.82, 2.24) is 0 Å². The Morgan fingerprint density at radius 2 is 1.95 bits per heavy atom. The van der Waals surface area contributed by atoms with Crippen LogP contribution in [0.15, 0.2) is 53.0 Å². The Kier molecular flexibility index (Phi) is 5.29. The van der Waals surface area contributed by atoms with Crippen molar-refractivity contribution in [2.24, 2.45) is 5.73 Å². The number of benzene rings is 2. The Labute approximate surface area is 126 Å². The van der Waals surface area contributed by atoms with E-state index in [1.54, 1.807) is 18.2 Å². The molecular weight excluding hydrogens is 321 g/mol. The summed E-state index contributed by atoms with van der Waals surface area (Å²) in [5.41, 5.74) is 7.50. The Hall–Kier alpha value is -1.23. The van der Waals surface area contributed by atoms with Crippen LogP contribution in [0.3, 0.4) is 0 Å². The highest BCUT2D eigenvalue weighted by molar-refractivity contribution is 9.10. The molecule has 2 atom stereocenters. The van der Waals surface area contributed by atoms with E-state index < -0.39 is 0 Å². The zero-order valence-corrected chi connectivity index (χ0v) is 12.8. The second-order valence-corrected chi connectivity index (χ2v) is 5.65. The summed E-state index contributed by atoms with van der Waals surface area (Å²) >= 11 is 3.43. The largest absolute Gasteiger partial charge is 0.367 e. The molecule has 0 heterocycles. The van der Waals surface area contributed by atoms with Crippen molar-refractivity contribution < 1.29 is 9.13 Å². The van der Waals surface area contributed by atoms with Gasteiger partial charge in [0.15, 0.2) is 0 Å². The summed E-state index contributed by atoms with van der Waals surface area (Å²) in [6.45, 7) is 2.08. The summed E-state index contributed by atoms with van der Waals surface area (Å²) in [6.07, 6.45) is -0.271. The van der Waals surface area contributed by atoms with Gasteiger partial charge in [0, 0.05) is 16.1 Å². The lowest BCUT2D eigenvalue weighted by atomic mass is 10.0. The summed E-state index contributed by atoms with van der Waals surface area (Å²) in [5.74, 6) is -0.259. The fourth-order valence-electron chi connectivity index (χ4n) is 2.03. The normalized spacial score (nSPS) is 14.0. The van der Waals surface area contributed by atoms with Crippen molar-refractivity contribution in [1.29, 1.82) is 0 Å². The fourth-order valence-corrected chi connectivity index (χ4v) is 2.45. The van der Waals surface area contributed by atoms with E-state index in [0.717, 1.165) is 10.0 Å². The molecule has 0 radical (unpaired) electrons. The van der Waals surface area contributed by atoms with Gasteiger partial charge in [0.25, 0.3) is 0 Å². The number of ether oxygens (including phenoxy) is 1. The minimum atomic E-state index is -0.271. The third-order valence-electron chi connectivity index (χ3n) is 3.03. The monoisotopic (exact) mass is 337 g/mol. The molecule has 0 spiro atoms. The van der Waals surface area contributed by atoms with Gasteiger partial charge in [-0.1, -0.05) is 46.3 Å². The molecule has 0 saturated carbocycles. The molecule has 0 amide bonds. The van der Waals surface area contributed by atoms with Gasteiger partial charge in [0.05, 0.1) is 12.7 Å². The maximum Gasteiger partial charge on any atom is 0.128 e. The second kappa shape index (κ2) is 6.97. The van der Waals surface area contributed by atoms with Gasteiger partial charge in [-0.05, 0) is 30.7 Å². The van der Waals surface area contributed by atoms with Gasteiger partial charge in [-0.15, -0.1) is 0 Å². The van der Waals surface area contributed by atoms with Crippen LogP contribution in [-0.4, -0.2) is 6.04 Å². The number of hydrogen-bond donors (Lipinski definition) is 1. The molecule has 4 heteroatoms. The van der Waals surface area contributed by atoms with Crippen molar-refractivity contribution in [3.05, 3.63) is 69.9 Å². The lowest BCUT2D eigenvalue weighted by Crippen LogP contribution is -2.27. The standard InChI is InChI=1S/C16H17BrFNO/c1-11(19)16(12-6-4-7-14(17)9-12)20-10-13-5-2-3-8-15(13)18/h2-9,11,16H,10,19H2,1H3. The maximum atomic E-state index is 13.6. The van der Waals surface area contributed by atoms with Crippen LogP contribution in [0.1, 0.15) is 24.2 Å². The molecule has 0 aliphatic heterocycles. The van der Waals surface area contributed by atoms with Crippen molar-refractivity contribution in [3.63, 3.8) is 0 Å². The molecular formula is C16H17BrFNO. The van der Waals surface area contributed by atoms with Gasteiger partial charge in [0.2, 0.25) is 0 Å². The molecule has 0 aliphatic carbocycles. The molecule has 2 aromatic rings. The minimum Gasteiger partial charge on any atom is -0.367 e. The summed E-state index contributed by atoms with van der Waals surface area (Å²) in [6, 6.07) is 14.2. The zero-order chi connectivity index (χ0) is 14.5. The third-order valence-corrected chi connectivity index (χ3v) is 3.52. The zero-order valence-electron chi connectivity index (χ0n) is 11.2. The first-order valence-corrected chi connectivity index (χ1v) is 7.23. The second-order valence-electron chi connectivity index (χ2n) is 4.74. The fraction of sp³-hybridized carbons (Fsp3) is 0.250. The molecule has 0 aromatic heterocycles. The first kappa shape index (κ1) is 15.2. The highest BCUT2D eigenvalue weighted by atomic mass is 79.9. The molecule has 2 nitrogen and oxygen atoms in total. The predicted octanol–water partition coefficient (Wildman–Crippen LogP) is 4.19. The van der Waals surface area contributed by atoms with Crippen LogP contribution in [0.4, 0.5) is 4.39 Å². The van der Waals surface area contributed by atoms with Crippen LogP contribution in [0.25, 0.3) is 0 Å². The lowest BCUT2D eigenvalue weighted by molar-refractivity contribution is 0.0244. The average Bonchev–Trinajstić information content (AvgIpc) is 2.41. The molecule has 2 N–H and O–H groups in total. The van der Waals surface area contributed by atoms with Crippen molar-refractivity contribution in [2.45, 2.75) is 25.7 Å². The van der Waals surface area contributed by atoms with E-state index >= 15 is 0 Å². The summed E-state index contributed by atoms with van der Waals surface area (Å²) in [7, 11) is 0. The van der Waals surface area contributed by atoms with Gasteiger partial charge in [-0.3, -0.25) is 0 Å². The summed E-state index contributed by atoms with van der Waals surface area (Å²) < 4.78 is 20.4. The van der Waals surface area contributed by atoms with Crippen LogP contribution in [-0.2, 0) is 11.3 Å². The molecule has 0 saturated heterocycles. The molecule has 0 bridgehead atoms. The highest BCUT2D eigenvalue weighted by Gasteiger charge is 2.17. The van der Waals surface area contributed by atoms with Crippen molar-refractivity contribution >= 4 is 15.9 Å². The maximum absolute atomic E-state index is 13.6. The number of halogens is 2. The van der Waals surface area contributed by atoms with Crippen LogP contribution in [0.2, 0.25) is 0 Å². The first-order valence-electron chi connectivity index (χ1n) is 6.44. The molecule has 0 aliphatic rings. The van der Waals surface area contributed by atoms with Crippen LogP contribution >= 0.6 is 15.9 Å². The van der Waals surface area contributed by atoms with Crippen LogP contribution in [0, 0.1) is 5.82 Å². The Morgan fingerprint density at radius 1 is 1.20 bits per heavy atom. The molecule has 2 rings (SSSR count).